The molecule has 0 saturated carbocycles. The standard InChI is InChI=1S/C15H14F2O/c1-10-5-3-6-11(9-10)15(2,18)12-7-4-8-13(16)14(12)17/h3-9,18H,1-2H3. The minimum absolute atomic E-state index is 0.0619. The highest BCUT2D eigenvalue weighted by Gasteiger charge is 2.29. The predicted octanol–water partition coefficient (Wildman–Crippen LogP) is 3.53. The topological polar surface area (TPSA) is 20.2 Å². The van der Waals surface area contributed by atoms with Gasteiger partial charge in [-0.15, -0.1) is 0 Å². The van der Waals surface area contributed by atoms with Gasteiger partial charge in [-0.3, -0.25) is 0 Å². The van der Waals surface area contributed by atoms with E-state index in [-0.39, 0.29) is 5.56 Å². The number of hydrogen-bond acceptors (Lipinski definition) is 1. The maximum atomic E-state index is 13.7. The number of hydrogen-bond donors (Lipinski definition) is 1. The van der Waals surface area contributed by atoms with Crippen LogP contribution in [0.15, 0.2) is 42.5 Å². The zero-order valence-electron chi connectivity index (χ0n) is 10.2. The molecule has 0 aromatic heterocycles. The number of halogens is 2. The highest BCUT2D eigenvalue weighted by molar-refractivity contribution is 5.37. The quantitative estimate of drug-likeness (QED) is 0.862. The molecule has 0 saturated heterocycles. The molecular weight excluding hydrogens is 234 g/mol. The van der Waals surface area contributed by atoms with Crippen LogP contribution in [0.2, 0.25) is 0 Å². The van der Waals surface area contributed by atoms with Crippen LogP contribution in [-0.2, 0) is 5.60 Å². The van der Waals surface area contributed by atoms with Crippen LogP contribution in [0.1, 0.15) is 23.6 Å². The average molecular weight is 248 g/mol. The molecule has 2 aromatic rings. The van der Waals surface area contributed by atoms with E-state index in [0.717, 1.165) is 11.6 Å². The van der Waals surface area contributed by atoms with Crippen LogP contribution in [0.25, 0.3) is 0 Å². The van der Waals surface area contributed by atoms with E-state index < -0.39 is 17.2 Å². The van der Waals surface area contributed by atoms with Gasteiger partial charge in [0.15, 0.2) is 11.6 Å². The van der Waals surface area contributed by atoms with Gasteiger partial charge in [-0.1, -0.05) is 42.0 Å². The lowest BCUT2D eigenvalue weighted by Crippen LogP contribution is -2.24. The molecule has 1 atom stereocenters. The van der Waals surface area contributed by atoms with Gasteiger partial charge in [-0.2, -0.15) is 0 Å². The molecule has 1 unspecified atom stereocenters. The Balaban J connectivity index is 2.57. The van der Waals surface area contributed by atoms with Crippen molar-refractivity contribution in [3.63, 3.8) is 0 Å². The molecule has 2 aromatic carbocycles. The van der Waals surface area contributed by atoms with Crippen LogP contribution in [0.4, 0.5) is 8.78 Å². The number of benzene rings is 2. The second kappa shape index (κ2) is 4.50. The maximum Gasteiger partial charge on any atom is 0.165 e. The summed E-state index contributed by atoms with van der Waals surface area (Å²) in [4.78, 5) is 0. The van der Waals surface area contributed by atoms with Gasteiger partial charge >= 0.3 is 0 Å². The molecule has 0 aliphatic carbocycles. The summed E-state index contributed by atoms with van der Waals surface area (Å²) < 4.78 is 27.0. The maximum absolute atomic E-state index is 13.7. The van der Waals surface area contributed by atoms with Gasteiger partial charge in [0, 0.05) is 5.56 Å². The van der Waals surface area contributed by atoms with Crippen molar-refractivity contribution >= 4 is 0 Å². The van der Waals surface area contributed by atoms with Crippen molar-refractivity contribution in [2.75, 3.05) is 0 Å². The predicted molar refractivity (Wildman–Crippen MR) is 66.2 cm³/mol. The molecule has 0 heterocycles. The fourth-order valence-corrected chi connectivity index (χ4v) is 1.98. The summed E-state index contributed by atoms with van der Waals surface area (Å²) in [5, 5.41) is 10.5. The van der Waals surface area contributed by atoms with E-state index >= 15 is 0 Å². The van der Waals surface area contributed by atoms with Crippen molar-refractivity contribution < 1.29 is 13.9 Å². The van der Waals surface area contributed by atoms with Crippen LogP contribution in [0, 0.1) is 18.6 Å². The van der Waals surface area contributed by atoms with Gasteiger partial charge in [0.1, 0.15) is 5.60 Å². The third kappa shape index (κ3) is 2.14. The number of aryl methyl sites for hydroxylation is 1. The molecule has 0 radical (unpaired) electrons. The van der Waals surface area contributed by atoms with E-state index in [0.29, 0.717) is 5.56 Å². The van der Waals surface area contributed by atoms with E-state index in [1.54, 1.807) is 18.2 Å². The largest absolute Gasteiger partial charge is 0.381 e. The summed E-state index contributed by atoms with van der Waals surface area (Å²) in [7, 11) is 0. The fourth-order valence-electron chi connectivity index (χ4n) is 1.98. The first-order chi connectivity index (χ1) is 8.43. The molecule has 3 heteroatoms. The average Bonchev–Trinajstić information content (AvgIpc) is 2.32. The normalized spacial score (nSPS) is 14.3. The van der Waals surface area contributed by atoms with Gasteiger partial charge in [-0.05, 0) is 25.5 Å². The summed E-state index contributed by atoms with van der Waals surface area (Å²) in [6, 6.07) is 10.9. The van der Waals surface area contributed by atoms with Gasteiger partial charge in [0.05, 0.1) is 0 Å². The molecule has 0 spiro atoms. The summed E-state index contributed by atoms with van der Waals surface area (Å²) in [6.45, 7) is 3.33. The highest BCUT2D eigenvalue weighted by Crippen LogP contribution is 2.31. The summed E-state index contributed by atoms with van der Waals surface area (Å²) in [5.74, 6) is -1.97. The molecule has 0 amide bonds. The lowest BCUT2D eigenvalue weighted by atomic mass is 9.87. The first-order valence-electron chi connectivity index (χ1n) is 5.67. The Kier molecular flexibility index (Phi) is 3.18. The van der Waals surface area contributed by atoms with E-state index in [1.165, 1.54) is 19.1 Å². The van der Waals surface area contributed by atoms with E-state index in [2.05, 4.69) is 0 Å². The van der Waals surface area contributed by atoms with E-state index in [1.807, 2.05) is 13.0 Å². The van der Waals surface area contributed by atoms with Crippen molar-refractivity contribution in [2.24, 2.45) is 0 Å². The Morgan fingerprint density at radius 2 is 1.72 bits per heavy atom. The Morgan fingerprint density at radius 1 is 1.06 bits per heavy atom. The zero-order chi connectivity index (χ0) is 13.3. The monoisotopic (exact) mass is 248 g/mol. The van der Waals surface area contributed by atoms with Crippen molar-refractivity contribution in [3.8, 4) is 0 Å². The highest BCUT2D eigenvalue weighted by atomic mass is 19.2. The number of aliphatic hydroxyl groups is 1. The second-order valence-corrected chi connectivity index (χ2v) is 4.54. The third-order valence-electron chi connectivity index (χ3n) is 3.06. The molecular formula is C15H14F2O. The van der Waals surface area contributed by atoms with Crippen LogP contribution in [0.3, 0.4) is 0 Å². The summed E-state index contributed by atoms with van der Waals surface area (Å²) in [6.07, 6.45) is 0. The van der Waals surface area contributed by atoms with Gasteiger partial charge < -0.3 is 5.11 Å². The third-order valence-corrected chi connectivity index (χ3v) is 3.06. The van der Waals surface area contributed by atoms with Crippen LogP contribution in [-0.4, -0.2) is 5.11 Å². The molecule has 1 N–H and O–H groups in total. The minimum Gasteiger partial charge on any atom is -0.381 e. The molecule has 2 rings (SSSR count). The zero-order valence-corrected chi connectivity index (χ0v) is 10.2. The first kappa shape index (κ1) is 12.7. The second-order valence-electron chi connectivity index (χ2n) is 4.54. The van der Waals surface area contributed by atoms with Crippen molar-refractivity contribution in [2.45, 2.75) is 19.4 Å². The van der Waals surface area contributed by atoms with Gasteiger partial charge in [-0.25, -0.2) is 8.78 Å². The minimum atomic E-state index is -1.56. The van der Waals surface area contributed by atoms with Gasteiger partial charge in [0.25, 0.3) is 0 Å². The fraction of sp³-hybridized carbons (Fsp3) is 0.200. The first-order valence-corrected chi connectivity index (χ1v) is 5.67. The molecule has 94 valence electrons. The van der Waals surface area contributed by atoms with Crippen molar-refractivity contribution in [3.05, 3.63) is 70.8 Å². The van der Waals surface area contributed by atoms with Crippen molar-refractivity contribution in [1.29, 1.82) is 0 Å². The van der Waals surface area contributed by atoms with Crippen LogP contribution < -0.4 is 0 Å². The molecule has 1 nitrogen and oxygen atoms in total. The van der Waals surface area contributed by atoms with Crippen LogP contribution in [0.5, 0.6) is 0 Å². The SMILES string of the molecule is Cc1cccc(C(C)(O)c2cccc(F)c2F)c1. The Labute approximate surface area is 105 Å². The Hall–Kier alpha value is -1.74. The summed E-state index contributed by atoms with van der Waals surface area (Å²) >= 11 is 0. The van der Waals surface area contributed by atoms with Crippen LogP contribution >= 0.6 is 0 Å². The lowest BCUT2D eigenvalue weighted by molar-refractivity contribution is 0.0969. The van der Waals surface area contributed by atoms with E-state index in [4.69, 9.17) is 0 Å². The molecule has 0 aliphatic rings. The van der Waals surface area contributed by atoms with Gasteiger partial charge in [0.2, 0.25) is 0 Å². The Bertz CT molecular complexity index is 576. The molecule has 0 aliphatic heterocycles. The summed E-state index contributed by atoms with van der Waals surface area (Å²) in [5.41, 5.74) is -0.136. The molecule has 0 bridgehead atoms. The van der Waals surface area contributed by atoms with Crippen molar-refractivity contribution in [1.82, 2.24) is 0 Å². The number of rotatable bonds is 2. The molecule has 0 fully saturated rings. The van der Waals surface area contributed by atoms with E-state index in [9.17, 15) is 13.9 Å². The Morgan fingerprint density at radius 3 is 2.39 bits per heavy atom. The lowest BCUT2D eigenvalue weighted by Gasteiger charge is -2.25. The molecule has 18 heavy (non-hydrogen) atoms. The smallest absolute Gasteiger partial charge is 0.165 e.